The molecule has 0 aromatic heterocycles. The van der Waals surface area contributed by atoms with Crippen molar-refractivity contribution < 1.29 is 0 Å². The summed E-state index contributed by atoms with van der Waals surface area (Å²) in [5.41, 5.74) is 11.0. The van der Waals surface area contributed by atoms with Gasteiger partial charge in [0.15, 0.2) is 0 Å². The second kappa shape index (κ2) is 6.97. The maximum Gasteiger partial charge on any atom is -0.00722 e. The predicted molar refractivity (Wildman–Crippen MR) is 134 cm³/mol. The quantitative estimate of drug-likeness (QED) is 0.364. The summed E-state index contributed by atoms with van der Waals surface area (Å²) in [4.78, 5) is 0. The van der Waals surface area contributed by atoms with Crippen molar-refractivity contribution >= 4 is 0 Å². The van der Waals surface area contributed by atoms with Crippen molar-refractivity contribution in [3.63, 3.8) is 0 Å². The van der Waals surface area contributed by atoms with Crippen molar-refractivity contribution in [2.75, 3.05) is 0 Å². The highest BCUT2D eigenvalue weighted by molar-refractivity contribution is 5.46. The average Bonchev–Trinajstić information content (AvgIpc) is 2.78. The standard InChI is InChI=1S/C32H40/c1-31-11-9-23-15-29(31)17-27-13-21(5-7-25(27)19-31)3-4-22-6-8-26-20-32(2)12-10-24(23)16-30(32)18-28(26)14-22/h13-18,23-26H,3-12,19-20H2,1-2H3/t23-,24-,25-,26-,31+,32+/m0/s1. The molecule has 0 nitrogen and oxygen atoms in total. The Morgan fingerprint density at radius 3 is 1.53 bits per heavy atom. The molecular weight excluding hydrogens is 384 g/mol. The van der Waals surface area contributed by atoms with Crippen LogP contribution in [-0.4, -0.2) is 0 Å². The molecule has 6 atom stereocenters. The van der Waals surface area contributed by atoms with Crippen LogP contribution in [0, 0.1) is 34.5 Å². The Morgan fingerprint density at radius 1 is 0.594 bits per heavy atom. The van der Waals surface area contributed by atoms with Crippen LogP contribution in [-0.2, 0) is 0 Å². The average molecular weight is 425 g/mol. The number of fused-ring (bicyclic) bond motifs is 3. The Morgan fingerprint density at radius 2 is 1.06 bits per heavy atom. The first-order valence-electron chi connectivity index (χ1n) is 13.7. The van der Waals surface area contributed by atoms with E-state index in [4.69, 9.17) is 0 Å². The third-order valence-electron chi connectivity index (χ3n) is 10.9. The van der Waals surface area contributed by atoms with E-state index in [9.17, 15) is 0 Å². The van der Waals surface area contributed by atoms with Crippen LogP contribution in [0.1, 0.15) is 90.9 Å². The Balaban J connectivity index is 1.36. The molecule has 7 rings (SSSR count). The molecule has 0 fully saturated rings. The van der Waals surface area contributed by atoms with Gasteiger partial charge in [0.1, 0.15) is 0 Å². The van der Waals surface area contributed by atoms with Crippen LogP contribution < -0.4 is 0 Å². The van der Waals surface area contributed by atoms with E-state index in [2.05, 4.69) is 50.3 Å². The Labute approximate surface area is 195 Å². The SMILES string of the molecule is C[C@]12CC[C@H]3C=C1C=C1C=C(CCC4=CC5=CC6=C[C@@H]3CC[C@]6(C)C[C@@H]5CC4)CC[C@H]1C2. The predicted octanol–water partition coefficient (Wildman–Crippen LogP) is 8.80. The van der Waals surface area contributed by atoms with E-state index in [1.54, 1.807) is 33.4 Å². The topological polar surface area (TPSA) is 0 Å². The van der Waals surface area contributed by atoms with Gasteiger partial charge in [0.25, 0.3) is 0 Å². The van der Waals surface area contributed by atoms with Crippen LogP contribution in [0.2, 0.25) is 0 Å². The molecule has 0 saturated carbocycles. The van der Waals surface area contributed by atoms with Gasteiger partial charge in [-0.1, -0.05) is 61.4 Å². The molecule has 0 unspecified atom stereocenters. The molecule has 0 saturated heterocycles. The van der Waals surface area contributed by atoms with E-state index in [0.717, 1.165) is 23.7 Å². The third-order valence-corrected chi connectivity index (χ3v) is 10.9. The zero-order valence-electron chi connectivity index (χ0n) is 20.3. The lowest BCUT2D eigenvalue weighted by Gasteiger charge is -2.48. The van der Waals surface area contributed by atoms with Gasteiger partial charge < -0.3 is 0 Å². The molecule has 0 heteroatoms. The molecule has 0 radical (unpaired) electrons. The second-order valence-corrected chi connectivity index (χ2v) is 13.0. The van der Waals surface area contributed by atoms with Crippen molar-refractivity contribution in [1.29, 1.82) is 0 Å². The molecule has 0 amide bonds. The lowest BCUT2D eigenvalue weighted by atomic mass is 9.56. The van der Waals surface area contributed by atoms with E-state index >= 15 is 0 Å². The first-order chi connectivity index (χ1) is 15.5. The van der Waals surface area contributed by atoms with E-state index in [1.165, 1.54) is 77.0 Å². The number of rotatable bonds is 0. The van der Waals surface area contributed by atoms with Gasteiger partial charge in [-0.2, -0.15) is 0 Å². The first kappa shape index (κ1) is 19.9. The summed E-state index contributed by atoms with van der Waals surface area (Å²) in [6.07, 6.45) is 32.5. The van der Waals surface area contributed by atoms with Crippen LogP contribution in [0.5, 0.6) is 0 Å². The van der Waals surface area contributed by atoms with E-state index in [1.807, 2.05) is 0 Å². The molecule has 32 heavy (non-hydrogen) atoms. The van der Waals surface area contributed by atoms with Gasteiger partial charge in [-0.15, -0.1) is 0 Å². The summed E-state index contributed by atoms with van der Waals surface area (Å²) < 4.78 is 0. The highest BCUT2D eigenvalue weighted by Gasteiger charge is 2.44. The van der Waals surface area contributed by atoms with Crippen LogP contribution >= 0.6 is 0 Å². The van der Waals surface area contributed by atoms with Gasteiger partial charge in [-0.25, -0.2) is 0 Å². The van der Waals surface area contributed by atoms with Crippen LogP contribution in [0.3, 0.4) is 0 Å². The Hall–Kier alpha value is -1.56. The minimum Gasteiger partial charge on any atom is -0.0770 e. The summed E-state index contributed by atoms with van der Waals surface area (Å²) >= 11 is 0. The molecule has 8 bridgehead atoms. The molecule has 7 aliphatic carbocycles. The summed E-state index contributed by atoms with van der Waals surface area (Å²) in [7, 11) is 0. The van der Waals surface area contributed by atoms with Gasteiger partial charge >= 0.3 is 0 Å². The van der Waals surface area contributed by atoms with Crippen LogP contribution in [0.4, 0.5) is 0 Å². The summed E-state index contributed by atoms with van der Waals surface area (Å²) in [5, 5.41) is 0. The zero-order chi connectivity index (χ0) is 21.5. The maximum atomic E-state index is 2.75. The van der Waals surface area contributed by atoms with Gasteiger partial charge in [-0.3, -0.25) is 0 Å². The van der Waals surface area contributed by atoms with E-state index in [-0.39, 0.29) is 0 Å². The smallest absolute Gasteiger partial charge is 0.00722 e. The largest absolute Gasteiger partial charge is 0.0770 e. The molecule has 0 spiro atoms. The molecule has 7 aliphatic rings. The first-order valence-corrected chi connectivity index (χ1v) is 13.7. The van der Waals surface area contributed by atoms with E-state index < -0.39 is 0 Å². The summed E-state index contributed by atoms with van der Waals surface area (Å²) in [5.74, 6) is 3.12. The van der Waals surface area contributed by atoms with Gasteiger partial charge in [-0.05, 0) is 134 Å². The molecule has 0 aromatic carbocycles. The monoisotopic (exact) mass is 424 g/mol. The van der Waals surface area contributed by atoms with Crippen LogP contribution in [0.15, 0.2) is 69.9 Å². The number of allylic oxidation sites excluding steroid dienone is 12. The number of hydrogen-bond donors (Lipinski definition) is 0. The fourth-order valence-electron chi connectivity index (χ4n) is 8.67. The molecule has 0 N–H and O–H groups in total. The Kier molecular flexibility index (Phi) is 4.33. The van der Waals surface area contributed by atoms with Gasteiger partial charge in [0.2, 0.25) is 0 Å². The molecule has 0 heterocycles. The highest BCUT2D eigenvalue weighted by atomic mass is 14.5. The molecule has 168 valence electrons. The van der Waals surface area contributed by atoms with Crippen molar-refractivity contribution in [3.8, 4) is 0 Å². The summed E-state index contributed by atoms with van der Waals surface area (Å²) in [6.45, 7) is 5.16. The van der Waals surface area contributed by atoms with Crippen molar-refractivity contribution in [1.82, 2.24) is 0 Å². The minimum absolute atomic E-state index is 0.430. The fraction of sp³-hybridized carbons (Fsp3) is 0.625. The summed E-state index contributed by atoms with van der Waals surface area (Å²) in [6, 6.07) is 0. The molecule has 0 aromatic rings. The zero-order valence-corrected chi connectivity index (χ0v) is 20.3. The number of hydrogen-bond acceptors (Lipinski definition) is 0. The maximum absolute atomic E-state index is 2.75. The fourth-order valence-corrected chi connectivity index (χ4v) is 8.67. The molecule has 0 aliphatic heterocycles. The van der Waals surface area contributed by atoms with Crippen LogP contribution in [0.25, 0.3) is 0 Å². The normalized spacial score (nSPS) is 44.4. The molecular formula is C32H40. The second-order valence-electron chi connectivity index (χ2n) is 13.0. The van der Waals surface area contributed by atoms with Crippen molar-refractivity contribution in [2.24, 2.45) is 34.5 Å². The minimum atomic E-state index is 0.430. The highest BCUT2D eigenvalue weighted by Crippen LogP contribution is 2.57. The van der Waals surface area contributed by atoms with Crippen molar-refractivity contribution in [2.45, 2.75) is 90.9 Å². The van der Waals surface area contributed by atoms with Gasteiger partial charge in [0, 0.05) is 0 Å². The van der Waals surface area contributed by atoms with Gasteiger partial charge in [0.05, 0.1) is 0 Å². The lowest BCUT2D eigenvalue weighted by Crippen LogP contribution is -2.36. The third kappa shape index (κ3) is 3.08. The van der Waals surface area contributed by atoms with Crippen molar-refractivity contribution in [3.05, 3.63) is 69.9 Å². The van der Waals surface area contributed by atoms with E-state index in [0.29, 0.717) is 10.8 Å². The Bertz CT molecular complexity index is 954. The lowest BCUT2D eigenvalue weighted by molar-refractivity contribution is 0.196.